The van der Waals surface area contributed by atoms with Crippen molar-refractivity contribution in [2.45, 2.75) is 71.3 Å². The van der Waals surface area contributed by atoms with E-state index in [9.17, 15) is 4.79 Å². The van der Waals surface area contributed by atoms with Gasteiger partial charge in [0.2, 0.25) is 5.91 Å². The first-order valence-electron chi connectivity index (χ1n) is 8.79. The van der Waals surface area contributed by atoms with Gasteiger partial charge in [-0.3, -0.25) is 4.79 Å². The van der Waals surface area contributed by atoms with Gasteiger partial charge in [0.1, 0.15) is 0 Å². The smallest absolute Gasteiger partial charge is 0.225 e. The predicted octanol–water partition coefficient (Wildman–Crippen LogP) is 3.29. The van der Waals surface area contributed by atoms with Gasteiger partial charge in [-0.15, -0.1) is 0 Å². The summed E-state index contributed by atoms with van der Waals surface area (Å²) in [7, 11) is 0. The van der Waals surface area contributed by atoms with Crippen molar-refractivity contribution in [2.75, 3.05) is 26.2 Å². The molecule has 0 saturated carbocycles. The Balaban J connectivity index is 1.78. The lowest BCUT2D eigenvalue weighted by Gasteiger charge is -2.38. The predicted molar refractivity (Wildman–Crippen MR) is 83.7 cm³/mol. The number of nitrogens with zero attached hydrogens (tertiary/aromatic N) is 2. The summed E-state index contributed by atoms with van der Waals surface area (Å²) < 4.78 is 0. The SMILES string of the molecule is CCCCC(CC)C(=O)N1CCC(N2CCCC2)CC1. The Kier molecular flexibility index (Phi) is 6.34. The zero-order valence-electron chi connectivity index (χ0n) is 13.4. The molecule has 1 unspecified atom stereocenters. The van der Waals surface area contributed by atoms with Crippen molar-refractivity contribution >= 4 is 5.91 Å². The number of likely N-dealkylation sites (tertiary alicyclic amines) is 2. The molecule has 0 aliphatic carbocycles. The van der Waals surface area contributed by atoms with Gasteiger partial charge in [0.05, 0.1) is 0 Å². The molecule has 2 heterocycles. The number of unbranched alkanes of at least 4 members (excludes halogenated alkanes) is 1. The number of hydrogen-bond donors (Lipinski definition) is 0. The first-order valence-corrected chi connectivity index (χ1v) is 8.79. The Bertz CT molecular complexity index is 291. The van der Waals surface area contributed by atoms with E-state index in [0.29, 0.717) is 5.91 Å². The lowest BCUT2D eigenvalue weighted by Crippen LogP contribution is -2.47. The number of carbonyl (C=O) groups is 1. The summed E-state index contributed by atoms with van der Waals surface area (Å²) in [4.78, 5) is 17.4. The van der Waals surface area contributed by atoms with E-state index in [4.69, 9.17) is 0 Å². The highest BCUT2D eigenvalue weighted by Gasteiger charge is 2.30. The molecule has 3 heteroatoms. The second-order valence-corrected chi connectivity index (χ2v) is 6.55. The molecular formula is C17H32N2O. The fraction of sp³-hybridized carbons (Fsp3) is 0.941. The molecule has 1 amide bonds. The number of hydrogen-bond acceptors (Lipinski definition) is 2. The van der Waals surface area contributed by atoms with E-state index in [1.165, 1.54) is 51.6 Å². The van der Waals surface area contributed by atoms with Gasteiger partial charge in [-0.1, -0.05) is 26.7 Å². The fourth-order valence-corrected chi connectivity index (χ4v) is 3.77. The highest BCUT2D eigenvalue weighted by molar-refractivity contribution is 5.78. The van der Waals surface area contributed by atoms with Gasteiger partial charge in [-0.25, -0.2) is 0 Å². The third-order valence-corrected chi connectivity index (χ3v) is 5.18. The zero-order valence-corrected chi connectivity index (χ0v) is 13.4. The van der Waals surface area contributed by atoms with Crippen molar-refractivity contribution < 1.29 is 4.79 Å². The number of piperidine rings is 1. The van der Waals surface area contributed by atoms with Gasteiger partial charge in [0, 0.05) is 25.0 Å². The van der Waals surface area contributed by atoms with Crippen LogP contribution in [0, 0.1) is 5.92 Å². The molecule has 0 radical (unpaired) electrons. The summed E-state index contributed by atoms with van der Waals surface area (Å²) in [6, 6.07) is 0.747. The Hall–Kier alpha value is -0.570. The van der Waals surface area contributed by atoms with Crippen LogP contribution in [0.4, 0.5) is 0 Å². The van der Waals surface area contributed by atoms with Crippen LogP contribution in [0.5, 0.6) is 0 Å². The minimum atomic E-state index is 0.276. The van der Waals surface area contributed by atoms with E-state index >= 15 is 0 Å². The van der Waals surface area contributed by atoms with Gasteiger partial charge in [-0.05, 0) is 51.6 Å². The normalized spacial score (nSPS) is 23.2. The summed E-state index contributed by atoms with van der Waals surface area (Å²) in [6.45, 7) is 8.92. The molecule has 2 rings (SSSR count). The van der Waals surface area contributed by atoms with Crippen LogP contribution >= 0.6 is 0 Å². The quantitative estimate of drug-likeness (QED) is 0.745. The van der Waals surface area contributed by atoms with Gasteiger partial charge < -0.3 is 9.80 Å². The first-order chi connectivity index (χ1) is 9.76. The highest BCUT2D eigenvalue weighted by Crippen LogP contribution is 2.23. The Morgan fingerprint density at radius 3 is 2.30 bits per heavy atom. The van der Waals surface area contributed by atoms with Crippen molar-refractivity contribution in [1.82, 2.24) is 9.80 Å². The summed E-state index contributed by atoms with van der Waals surface area (Å²) in [5.74, 6) is 0.708. The first kappa shape index (κ1) is 15.8. The van der Waals surface area contributed by atoms with E-state index in [2.05, 4.69) is 23.6 Å². The molecule has 2 fully saturated rings. The molecule has 2 saturated heterocycles. The summed E-state index contributed by atoms with van der Waals surface area (Å²) in [6.07, 6.45) is 9.59. The minimum Gasteiger partial charge on any atom is -0.342 e. The maximum Gasteiger partial charge on any atom is 0.225 e. The van der Waals surface area contributed by atoms with Gasteiger partial charge in [0.15, 0.2) is 0 Å². The molecule has 20 heavy (non-hydrogen) atoms. The Morgan fingerprint density at radius 1 is 1.10 bits per heavy atom. The van der Waals surface area contributed by atoms with Gasteiger partial charge >= 0.3 is 0 Å². The van der Waals surface area contributed by atoms with Crippen LogP contribution in [-0.4, -0.2) is 47.9 Å². The van der Waals surface area contributed by atoms with Crippen LogP contribution < -0.4 is 0 Å². The number of rotatable bonds is 6. The molecular weight excluding hydrogens is 248 g/mol. The number of carbonyl (C=O) groups excluding carboxylic acids is 1. The third-order valence-electron chi connectivity index (χ3n) is 5.18. The molecule has 0 N–H and O–H groups in total. The highest BCUT2D eigenvalue weighted by atomic mass is 16.2. The van der Waals surface area contributed by atoms with E-state index in [0.717, 1.165) is 32.0 Å². The monoisotopic (exact) mass is 280 g/mol. The van der Waals surface area contributed by atoms with Crippen molar-refractivity contribution in [3.63, 3.8) is 0 Å². The molecule has 0 spiro atoms. The topological polar surface area (TPSA) is 23.6 Å². The minimum absolute atomic E-state index is 0.276. The van der Waals surface area contributed by atoms with E-state index in [-0.39, 0.29) is 5.92 Å². The molecule has 2 aliphatic heterocycles. The van der Waals surface area contributed by atoms with Crippen LogP contribution in [0.25, 0.3) is 0 Å². The maximum absolute atomic E-state index is 12.6. The summed E-state index contributed by atoms with van der Waals surface area (Å²) in [5.41, 5.74) is 0. The summed E-state index contributed by atoms with van der Waals surface area (Å²) in [5, 5.41) is 0. The standard InChI is InChI=1S/C17H32N2O/c1-3-5-8-15(4-2)17(20)19-13-9-16(10-14-19)18-11-6-7-12-18/h15-16H,3-14H2,1-2H3. The average Bonchev–Trinajstić information content (AvgIpc) is 3.02. The average molecular weight is 280 g/mol. The molecule has 2 aliphatic rings. The molecule has 0 aromatic rings. The van der Waals surface area contributed by atoms with Crippen molar-refractivity contribution in [2.24, 2.45) is 5.92 Å². The Morgan fingerprint density at radius 2 is 1.75 bits per heavy atom. The second-order valence-electron chi connectivity index (χ2n) is 6.55. The van der Waals surface area contributed by atoms with Gasteiger partial charge in [-0.2, -0.15) is 0 Å². The maximum atomic E-state index is 12.6. The molecule has 116 valence electrons. The molecule has 3 nitrogen and oxygen atoms in total. The fourth-order valence-electron chi connectivity index (χ4n) is 3.77. The molecule has 1 atom stereocenters. The van der Waals surface area contributed by atoms with Crippen molar-refractivity contribution in [3.8, 4) is 0 Å². The molecule has 0 bridgehead atoms. The van der Waals surface area contributed by atoms with Crippen molar-refractivity contribution in [1.29, 1.82) is 0 Å². The van der Waals surface area contributed by atoms with Gasteiger partial charge in [0.25, 0.3) is 0 Å². The van der Waals surface area contributed by atoms with Crippen LogP contribution in [0.1, 0.15) is 65.2 Å². The lowest BCUT2D eigenvalue weighted by molar-refractivity contribution is -0.137. The van der Waals surface area contributed by atoms with Crippen LogP contribution in [0.3, 0.4) is 0 Å². The van der Waals surface area contributed by atoms with Crippen LogP contribution in [0.15, 0.2) is 0 Å². The Labute approximate surface area is 124 Å². The van der Waals surface area contributed by atoms with Crippen LogP contribution in [-0.2, 0) is 4.79 Å². The van der Waals surface area contributed by atoms with E-state index < -0.39 is 0 Å². The van der Waals surface area contributed by atoms with E-state index in [1.807, 2.05) is 0 Å². The number of amides is 1. The third kappa shape index (κ3) is 3.97. The molecule has 0 aromatic carbocycles. The largest absolute Gasteiger partial charge is 0.342 e. The summed E-state index contributed by atoms with van der Waals surface area (Å²) >= 11 is 0. The molecule has 0 aromatic heterocycles. The second kappa shape index (κ2) is 8.02. The van der Waals surface area contributed by atoms with Crippen LogP contribution in [0.2, 0.25) is 0 Å². The zero-order chi connectivity index (χ0) is 14.4. The van der Waals surface area contributed by atoms with Crippen molar-refractivity contribution in [3.05, 3.63) is 0 Å². The van der Waals surface area contributed by atoms with E-state index in [1.54, 1.807) is 0 Å². The lowest BCUT2D eigenvalue weighted by atomic mass is 9.95.